The third-order valence-electron chi connectivity index (χ3n) is 5.14. The van der Waals surface area contributed by atoms with Gasteiger partial charge < -0.3 is 55.3 Å². The molecule has 0 radical (unpaired) electrons. The zero-order valence-corrected chi connectivity index (χ0v) is 20.4. The maximum absolute atomic E-state index is 12.2. The van der Waals surface area contributed by atoms with Gasteiger partial charge in [-0.15, -0.1) is 0 Å². The predicted octanol–water partition coefficient (Wildman–Crippen LogP) is -1.18. The summed E-state index contributed by atoms with van der Waals surface area (Å²) in [5, 5.41) is 47.5. The average molecular weight is 520 g/mol. The first-order valence-electron chi connectivity index (χ1n) is 13.9. The lowest BCUT2D eigenvalue weighted by Gasteiger charge is -2.39. The van der Waals surface area contributed by atoms with Crippen LogP contribution < -0.4 is 20.7 Å². The van der Waals surface area contributed by atoms with Crippen LogP contribution in [0.5, 0.6) is 5.75 Å². The maximum Gasteiger partial charge on any atom is 0.229 e. The second kappa shape index (κ2) is 17.6. The number of nitrogens with one attached hydrogen (secondary N) is 3. The van der Waals surface area contributed by atoms with Gasteiger partial charge in [0.25, 0.3) is 0 Å². The van der Waals surface area contributed by atoms with Crippen molar-refractivity contribution >= 4 is 11.6 Å². The van der Waals surface area contributed by atoms with Crippen LogP contribution in [0.4, 0.5) is 5.69 Å². The molecule has 1 aliphatic heterocycles. The van der Waals surface area contributed by atoms with Crippen LogP contribution in [-0.4, -0.2) is 117 Å². The van der Waals surface area contributed by atoms with Crippen LogP contribution in [0.15, 0.2) is 24.3 Å². The second-order valence-corrected chi connectivity index (χ2v) is 7.98. The number of amides is 1. The first kappa shape index (κ1) is 24.5. The predicted molar refractivity (Wildman–Crippen MR) is 132 cm³/mol. The van der Waals surface area contributed by atoms with E-state index in [1.54, 1.807) is 19.2 Å². The molecule has 1 aromatic carbocycles. The highest BCUT2D eigenvalue weighted by atomic mass is 16.7. The molecule has 12 heteroatoms. The van der Waals surface area contributed by atoms with Gasteiger partial charge in [-0.2, -0.15) is 0 Å². The Morgan fingerprint density at radius 3 is 2.31 bits per heavy atom. The van der Waals surface area contributed by atoms with Crippen molar-refractivity contribution in [2.45, 2.75) is 50.0 Å². The third-order valence-corrected chi connectivity index (χ3v) is 5.14. The molecule has 2 rings (SSSR count). The number of aliphatic hydroxyl groups is 4. The number of benzene rings is 1. The fourth-order valence-electron chi connectivity index (χ4n) is 3.15. The standard InChI is InChI=1S/C24H41N3O9/c1-25-9-2-12-33-14-15-34-13-3-10-26-11-8-20(29)27-17-4-6-18(7-5-17)35-24-23(32)22(31)21(30)19(16-28)36-24/h4-7,19,21-26,28,30-32H,2-3,8-16H2,1H3,(H,27,29)/i12D2,13D2. The molecule has 5 unspecified atom stereocenters. The molecule has 1 fully saturated rings. The number of carbonyl (C=O) groups is 1. The zero-order valence-electron chi connectivity index (χ0n) is 24.4. The van der Waals surface area contributed by atoms with Crippen LogP contribution in [0.2, 0.25) is 0 Å². The Bertz CT molecular complexity index is 884. The second-order valence-electron chi connectivity index (χ2n) is 7.98. The Labute approximate surface area is 217 Å². The van der Waals surface area contributed by atoms with Crippen LogP contribution in [-0.2, 0) is 19.0 Å². The van der Waals surface area contributed by atoms with E-state index in [-0.39, 0.29) is 50.7 Å². The van der Waals surface area contributed by atoms with Crippen molar-refractivity contribution in [2.75, 3.05) is 64.9 Å². The molecule has 1 aromatic rings. The molecule has 7 N–H and O–H groups in total. The van der Waals surface area contributed by atoms with Gasteiger partial charge in [-0.25, -0.2) is 0 Å². The zero-order chi connectivity index (χ0) is 29.8. The first-order valence-corrected chi connectivity index (χ1v) is 11.9. The number of hydrogen-bond donors (Lipinski definition) is 7. The normalized spacial score (nSPS) is 26.4. The topological polar surface area (TPSA) is 171 Å². The Morgan fingerprint density at radius 2 is 1.67 bits per heavy atom. The summed E-state index contributed by atoms with van der Waals surface area (Å²) in [7, 11) is 1.71. The number of rotatable bonds is 18. The van der Waals surface area contributed by atoms with E-state index in [0.717, 1.165) is 0 Å². The molecule has 0 aliphatic carbocycles. The molecule has 1 heterocycles. The van der Waals surface area contributed by atoms with Crippen molar-refractivity contribution in [2.24, 2.45) is 0 Å². The molecule has 1 aliphatic rings. The smallest absolute Gasteiger partial charge is 0.229 e. The number of hydrogen-bond acceptors (Lipinski definition) is 11. The van der Waals surface area contributed by atoms with Gasteiger partial charge in [0.05, 0.1) is 25.3 Å². The minimum atomic E-state index is -1.93. The van der Waals surface area contributed by atoms with Gasteiger partial charge >= 0.3 is 0 Å². The molecule has 12 nitrogen and oxygen atoms in total. The molecule has 0 aromatic heterocycles. The lowest BCUT2D eigenvalue weighted by molar-refractivity contribution is -0.277. The van der Waals surface area contributed by atoms with Crippen molar-refractivity contribution in [3.8, 4) is 5.75 Å². The molecular weight excluding hydrogens is 474 g/mol. The van der Waals surface area contributed by atoms with E-state index in [4.69, 9.17) is 24.4 Å². The van der Waals surface area contributed by atoms with Gasteiger partial charge in [-0.3, -0.25) is 4.79 Å². The molecule has 1 amide bonds. The van der Waals surface area contributed by atoms with Crippen LogP contribution >= 0.6 is 0 Å². The Morgan fingerprint density at radius 1 is 1.00 bits per heavy atom. The summed E-state index contributed by atoms with van der Waals surface area (Å²) in [6.07, 6.45) is -6.66. The van der Waals surface area contributed by atoms with E-state index in [2.05, 4.69) is 16.0 Å². The molecule has 36 heavy (non-hydrogen) atoms. The van der Waals surface area contributed by atoms with Gasteiger partial charge in [-0.05, 0) is 57.2 Å². The molecule has 0 spiro atoms. The highest BCUT2D eigenvalue weighted by Crippen LogP contribution is 2.25. The van der Waals surface area contributed by atoms with E-state index in [1.165, 1.54) is 12.1 Å². The summed E-state index contributed by atoms with van der Waals surface area (Å²) < 4.78 is 52.2. The Balaban J connectivity index is 1.63. The third kappa shape index (κ3) is 11.0. The van der Waals surface area contributed by atoms with Crippen molar-refractivity contribution in [3.05, 3.63) is 24.3 Å². The minimum Gasteiger partial charge on any atom is -0.462 e. The first-order chi connectivity index (χ1) is 18.9. The Kier molecular flexibility index (Phi) is 11.9. The van der Waals surface area contributed by atoms with Gasteiger partial charge in [0, 0.05) is 31.8 Å². The SMILES string of the molecule is [2H]C([2H])(CCNC)OCCOC([2H])([2H])CCNCCC(=O)Nc1ccc(OC2OC(CO)C(O)C(O)C2O)cc1. The van der Waals surface area contributed by atoms with Crippen LogP contribution in [0.3, 0.4) is 0 Å². The van der Waals surface area contributed by atoms with Crippen LogP contribution in [0, 0.1) is 0 Å². The summed E-state index contributed by atoms with van der Waals surface area (Å²) >= 11 is 0. The molecule has 206 valence electrons. The van der Waals surface area contributed by atoms with Crippen LogP contribution in [0.25, 0.3) is 0 Å². The van der Waals surface area contributed by atoms with E-state index in [1.807, 2.05) is 0 Å². The van der Waals surface area contributed by atoms with Crippen molar-refractivity contribution in [1.82, 2.24) is 10.6 Å². The van der Waals surface area contributed by atoms with Crippen molar-refractivity contribution in [3.63, 3.8) is 0 Å². The Hall–Kier alpha value is -1.87. The van der Waals surface area contributed by atoms with Gasteiger partial charge in [0.1, 0.15) is 30.2 Å². The van der Waals surface area contributed by atoms with Crippen molar-refractivity contribution < 1.29 is 49.7 Å². The summed E-state index contributed by atoms with van der Waals surface area (Å²) in [5.41, 5.74) is 0.480. The summed E-state index contributed by atoms with van der Waals surface area (Å²) in [5.74, 6) is -0.0152. The van der Waals surface area contributed by atoms with Gasteiger partial charge in [0.2, 0.25) is 12.2 Å². The quantitative estimate of drug-likeness (QED) is 0.116. The summed E-state index contributed by atoms with van der Waals surface area (Å²) in [4.78, 5) is 12.2. The lowest BCUT2D eigenvalue weighted by Crippen LogP contribution is -2.60. The molecule has 0 bridgehead atoms. The fourth-order valence-corrected chi connectivity index (χ4v) is 3.15. The minimum absolute atomic E-state index is 0.0250. The maximum atomic E-state index is 12.2. The molecular formula is C24H41N3O9. The molecule has 5 atom stereocenters. The monoisotopic (exact) mass is 519 g/mol. The highest BCUT2D eigenvalue weighted by Gasteiger charge is 2.44. The van der Waals surface area contributed by atoms with Crippen LogP contribution in [0.1, 0.15) is 24.7 Å². The lowest BCUT2D eigenvalue weighted by atomic mass is 9.99. The van der Waals surface area contributed by atoms with Gasteiger partial charge in [0.15, 0.2) is 0 Å². The van der Waals surface area contributed by atoms with E-state index in [0.29, 0.717) is 18.8 Å². The summed E-state index contributed by atoms with van der Waals surface area (Å²) in [6, 6.07) is 6.15. The van der Waals surface area contributed by atoms with E-state index in [9.17, 15) is 25.2 Å². The van der Waals surface area contributed by atoms with Crippen molar-refractivity contribution in [1.29, 1.82) is 0 Å². The molecule has 1 saturated heterocycles. The van der Waals surface area contributed by atoms with E-state index < -0.39 is 50.4 Å². The van der Waals surface area contributed by atoms with E-state index >= 15 is 0 Å². The van der Waals surface area contributed by atoms with Gasteiger partial charge in [-0.1, -0.05) is 0 Å². The fraction of sp³-hybridized carbons (Fsp3) is 0.708. The average Bonchev–Trinajstić information content (AvgIpc) is 2.91. The summed E-state index contributed by atoms with van der Waals surface area (Å²) in [6.45, 7) is -3.48. The number of aliphatic hydroxyl groups excluding tert-OH is 4. The number of anilines is 1. The largest absolute Gasteiger partial charge is 0.462 e. The number of carbonyl (C=O) groups excluding carboxylic acids is 1. The molecule has 0 saturated carbocycles. The number of ether oxygens (including phenoxy) is 4. The highest BCUT2D eigenvalue weighted by molar-refractivity contribution is 5.90.